The van der Waals surface area contributed by atoms with Crippen molar-refractivity contribution in [3.05, 3.63) is 29.3 Å². The van der Waals surface area contributed by atoms with Crippen molar-refractivity contribution in [3.63, 3.8) is 0 Å². The second kappa shape index (κ2) is 10.8. The van der Waals surface area contributed by atoms with Crippen molar-refractivity contribution in [1.82, 2.24) is 10.6 Å². The molecule has 0 aromatic heterocycles. The molecule has 1 aliphatic rings. The van der Waals surface area contributed by atoms with E-state index in [1.54, 1.807) is 11.8 Å². The second-order valence-electron chi connectivity index (χ2n) is 7.11. The summed E-state index contributed by atoms with van der Waals surface area (Å²) in [5.41, 5.74) is 8.30. The number of benzene rings is 1. The van der Waals surface area contributed by atoms with E-state index in [-0.39, 0.29) is 11.4 Å². The highest BCUT2D eigenvalue weighted by molar-refractivity contribution is 8.00. The first-order chi connectivity index (χ1) is 12.5. The Balaban J connectivity index is 1.83. The first-order valence-corrected chi connectivity index (χ1v) is 10.7. The fourth-order valence-corrected chi connectivity index (χ4v) is 4.33. The van der Waals surface area contributed by atoms with E-state index in [1.165, 1.54) is 19.3 Å². The summed E-state index contributed by atoms with van der Waals surface area (Å²) in [6.07, 6.45) is 5.93. The molecule has 1 heterocycles. The quantitative estimate of drug-likeness (QED) is 0.469. The SMILES string of the molecule is Cc1c(NCCCCCCCN)cccc1C(=O)NC1NC(C)C(C)S1. The number of nitrogens with two attached hydrogens (primary N) is 1. The van der Waals surface area contributed by atoms with Gasteiger partial charge in [0, 0.05) is 29.1 Å². The van der Waals surface area contributed by atoms with Crippen LogP contribution in [0.25, 0.3) is 0 Å². The van der Waals surface area contributed by atoms with E-state index in [0.29, 0.717) is 11.3 Å². The van der Waals surface area contributed by atoms with Crippen molar-refractivity contribution in [1.29, 1.82) is 0 Å². The number of nitrogens with one attached hydrogen (secondary N) is 3. The Morgan fingerprint density at radius 3 is 2.62 bits per heavy atom. The van der Waals surface area contributed by atoms with Crippen molar-refractivity contribution in [2.45, 2.75) is 69.7 Å². The van der Waals surface area contributed by atoms with Gasteiger partial charge in [-0.25, -0.2) is 0 Å². The molecule has 0 spiro atoms. The van der Waals surface area contributed by atoms with Crippen LogP contribution in [0.3, 0.4) is 0 Å². The number of amides is 1. The van der Waals surface area contributed by atoms with Crippen LogP contribution in [-0.2, 0) is 0 Å². The molecule has 0 aliphatic carbocycles. The lowest BCUT2D eigenvalue weighted by molar-refractivity contribution is 0.0945. The molecule has 1 saturated heterocycles. The molecular weight excluding hydrogens is 344 g/mol. The number of carbonyl (C=O) groups excluding carboxylic acids is 1. The average Bonchev–Trinajstić information content (AvgIpc) is 2.92. The van der Waals surface area contributed by atoms with Gasteiger partial charge in [-0.1, -0.05) is 32.3 Å². The van der Waals surface area contributed by atoms with Crippen LogP contribution in [0.2, 0.25) is 0 Å². The van der Waals surface area contributed by atoms with Crippen LogP contribution in [0, 0.1) is 6.92 Å². The molecule has 1 aliphatic heterocycles. The van der Waals surface area contributed by atoms with Crippen LogP contribution in [0.4, 0.5) is 5.69 Å². The molecular formula is C20H34N4OS. The molecule has 5 nitrogen and oxygen atoms in total. The second-order valence-corrected chi connectivity index (χ2v) is 8.60. The minimum Gasteiger partial charge on any atom is -0.385 e. The minimum absolute atomic E-state index is 0.0146. The van der Waals surface area contributed by atoms with Gasteiger partial charge in [-0.05, 0) is 50.9 Å². The van der Waals surface area contributed by atoms with Gasteiger partial charge in [-0.15, -0.1) is 11.8 Å². The highest BCUT2D eigenvalue weighted by Gasteiger charge is 2.29. The van der Waals surface area contributed by atoms with Crippen molar-refractivity contribution >= 4 is 23.4 Å². The molecule has 5 N–H and O–H groups in total. The fraction of sp³-hybridized carbons (Fsp3) is 0.650. The lowest BCUT2D eigenvalue weighted by Crippen LogP contribution is -2.42. The number of carbonyl (C=O) groups is 1. The molecule has 2 rings (SSSR count). The van der Waals surface area contributed by atoms with Gasteiger partial charge in [0.05, 0.1) is 0 Å². The molecule has 1 amide bonds. The van der Waals surface area contributed by atoms with E-state index in [0.717, 1.165) is 42.7 Å². The molecule has 6 heteroatoms. The van der Waals surface area contributed by atoms with Crippen LogP contribution in [0.15, 0.2) is 18.2 Å². The van der Waals surface area contributed by atoms with Crippen molar-refractivity contribution in [2.24, 2.45) is 5.73 Å². The highest BCUT2D eigenvalue weighted by Crippen LogP contribution is 2.26. The number of rotatable bonds is 10. The summed E-state index contributed by atoms with van der Waals surface area (Å²) in [6.45, 7) is 8.07. The molecule has 1 aromatic carbocycles. The van der Waals surface area contributed by atoms with Gasteiger partial charge < -0.3 is 16.4 Å². The molecule has 1 fully saturated rings. The van der Waals surface area contributed by atoms with Gasteiger partial charge >= 0.3 is 0 Å². The summed E-state index contributed by atoms with van der Waals surface area (Å²) in [7, 11) is 0. The maximum atomic E-state index is 12.7. The first-order valence-electron chi connectivity index (χ1n) is 9.79. The average molecular weight is 379 g/mol. The number of hydrogen-bond acceptors (Lipinski definition) is 5. The largest absolute Gasteiger partial charge is 0.385 e. The van der Waals surface area contributed by atoms with E-state index in [9.17, 15) is 4.79 Å². The zero-order chi connectivity index (χ0) is 18.9. The van der Waals surface area contributed by atoms with Crippen molar-refractivity contribution in [2.75, 3.05) is 18.4 Å². The van der Waals surface area contributed by atoms with Gasteiger partial charge in [-0.3, -0.25) is 10.1 Å². The minimum atomic E-state index is -0.0166. The molecule has 26 heavy (non-hydrogen) atoms. The Hall–Kier alpha value is -1.24. The summed E-state index contributed by atoms with van der Waals surface area (Å²) >= 11 is 1.77. The van der Waals surface area contributed by atoms with Gasteiger partial charge in [-0.2, -0.15) is 0 Å². The Kier molecular flexibility index (Phi) is 8.75. The number of anilines is 1. The molecule has 3 unspecified atom stereocenters. The predicted octanol–water partition coefficient (Wildman–Crippen LogP) is 3.44. The molecule has 3 atom stereocenters. The monoisotopic (exact) mass is 378 g/mol. The maximum absolute atomic E-state index is 12.7. The van der Waals surface area contributed by atoms with E-state index < -0.39 is 0 Å². The third-order valence-electron chi connectivity index (χ3n) is 5.01. The summed E-state index contributed by atoms with van der Waals surface area (Å²) in [5, 5.41) is 10.5. The van der Waals surface area contributed by atoms with Crippen LogP contribution in [0.1, 0.15) is 61.9 Å². The van der Waals surface area contributed by atoms with Crippen LogP contribution >= 0.6 is 11.8 Å². The third kappa shape index (κ3) is 6.18. The first kappa shape index (κ1) is 21.1. The van der Waals surface area contributed by atoms with E-state index in [1.807, 2.05) is 25.1 Å². The van der Waals surface area contributed by atoms with Crippen molar-refractivity contribution in [3.8, 4) is 0 Å². The number of unbranched alkanes of at least 4 members (excludes halogenated alkanes) is 4. The van der Waals surface area contributed by atoms with Gasteiger partial charge in [0.1, 0.15) is 5.50 Å². The van der Waals surface area contributed by atoms with Gasteiger partial charge in [0.25, 0.3) is 5.91 Å². The predicted molar refractivity (Wildman–Crippen MR) is 113 cm³/mol. The lowest BCUT2D eigenvalue weighted by Gasteiger charge is -2.16. The smallest absolute Gasteiger partial charge is 0.253 e. The Bertz CT molecular complexity index is 571. The van der Waals surface area contributed by atoms with E-state index >= 15 is 0 Å². The summed E-state index contributed by atoms with van der Waals surface area (Å²) in [6, 6.07) is 6.30. The van der Waals surface area contributed by atoms with Crippen molar-refractivity contribution < 1.29 is 4.79 Å². The Labute approximate surface area is 162 Å². The normalized spacial score (nSPS) is 22.4. The molecule has 0 saturated carbocycles. The molecule has 1 aromatic rings. The summed E-state index contributed by atoms with van der Waals surface area (Å²) in [4.78, 5) is 12.7. The summed E-state index contributed by atoms with van der Waals surface area (Å²) in [5.74, 6) is -0.0146. The van der Waals surface area contributed by atoms with Crippen LogP contribution in [0.5, 0.6) is 0 Å². The Morgan fingerprint density at radius 1 is 1.19 bits per heavy atom. The Morgan fingerprint density at radius 2 is 1.92 bits per heavy atom. The van der Waals surface area contributed by atoms with Crippen LogP contribution in [-0.4, -0.2) is 35.8 Å². The standard InChI is InChI=1S/C20H34N4OS/c1-14-17(19(25)24-20-23-15(2)16(3)26-20)10-9-11-18(14)22-13-8-6-4-5-7-12-21/h9-11,15-16,20,22-23H,4-8,12-13,21H2,1-3H3,(H,24,25). The number of thioether (sulfide) groups is 1. The van der Waals surface area contributed by atoms with E-state index in [4.69, 9.17) is 5.73 Å². The maximum Gasteiger partial charge on any atom is 0.253 e. The third-order valence-corrected chi connectivity index (χ3v) is 6.37. The lowest BCUT2D eigenvalue weighted by atomic mass is 10.1. The topological polar surface area (TPSA) is 79.2 Å². The highest BCUT2D eigenvalue weighted by atomic mass is 32.2. The fourth-order valence-electron chi connectivity index (χ4n) is 3.11. The molecule has 0 bridgehead atoms. The van der Waals surface area contributed by atoms with Gasteiger partial charge in [0.15, 0.2) is 0 Å². The van der Waals surface area contributed by atoms with Gasteiger partial charge in [0.2, 0.25) is 0 Å². The number of hydrogen-bond donors (Lipinski definition) is 4. The zero-order valence-corrected chi connectivity index (χ0v) is 17.1. The van der Waals surface area contributed by atoms with E-state index in [2.05, 4.69) is 29.8 Å². The molecule has 146 valence electrons. The molecule has 0 radical (unpaired) electrons. The zero-order valence-electron chi connectivity index (χ0n) is 16.3. The summed E-state index contributed by atoms with van der Waals surface area (Å²) < 4.78 is 0. The van der Waals surface area contributed by atoms with Crippen LogP contribution < -0.4 is 21.7 Å².